The molecule has 0 amide bonds. The quantitative estimate of drug-likeness (QED) is 0.589. The molecule has 0 aliphatic rings. The Morgan fingerprint density at radius 3 is 2.70 bits per heavy atom. The topological polar surface area (TPSA) is 50.2 Å². The minimum atomic E-state index is 0. The normalized spacial score (nSPS) is 11.2. The van der Waals surface area contributed by atoms with E-state index in [1.54, 1.807) is 17.5 Å². The maximum atomic E-state index is 4.46. The smallest absolute Gasteiger partial charge is 0.204 e. The lowest BCUT2D eigenvalue weighted by Gasteiger charge is -1.99. The SMILES string of the molecule is C/C(=N\Nc1nc2ccccc2s1)c1ccccn1.Cl. The van der Waals surface area contributed by atoms with E-state index in [0.29, 0.717) is 0 Å². The molecular formula is C14H13ClN4S. The molecule has 2 aromatic heterocycles. The number of halogens is 1. The van der Waals surface area contributed by atoms with Crippen molar-refractivity contribution in [3.05, 3.63) is 54.4 Å². The lowest BCUT2D eigenvalue weighted by Crippen LogP contribution is -2.01. The molecule has 3 rings (SSSR count). The van der Waals surface area contributed by atoms with E-state index in [9.17, 15) is 0 Å². The Labute approximate surface area is 127 Å². The molecule has 0 saturated carbocycles. The number of para-hydroxylation sites is 1. The zero-order valence-electron chi connectivity index (χ0n) is 10.8. The second-order valence-corrected chi connectivity index (χ2v) is 5.04. The molecule has 0 atom stereocenters. The van der Waals surface area contributed by atoms with E-state index in [1.165, 1.54) is 0 Å². The van der Waals surface area contributed by atoms with Crippen LogP contribution in [0.1, 0.15) is 12.6 Å². The van der Waals surface area contributed by atoms with Gasteiger partial charge in [-0.25, -0.2) is 4.98 Å². The number of hydrazone groups is 1. The summed E-state index contributed by atoms with van der Waals surface area (Å²) in [6.07, 6.45) is 1.76. The van der Waals surface area contributed by atoms with Gasteiger partial charge in [-0.1, -0.05) is 29.5 Å². The number of anilines is 1. The van der Waals surface area contributed by atoms with Gasteiger partial charge in [0.1, 0.15) is 0 Å². The van der Waals surface area contributed by atoms with Crippen LogP contribution in [0, 0.1) is 0 Å². The fourth-order valence-electron chi connectivity index (χ4n) is 1.69. The van der Waals surface area contributed by atoms with E-state index in [1.807, 2.05) is 49.4 Å². The van der Waals surface area contributed by atoms with Gasteiger partial charge in [0.25, 0.3) is 0 Å². The highest BCUT2D eigenvalue weighted by molar-refractivity contribution is 7.22. The summed E-state index contributed by atoms with van der Waals surface area (Å²) in [5, 5.41) is 5.10. The molecule has 0 bridgehead atoms. The number of nitrogens with one attached hydrogen (secondary N) is 1. The first-order chi connectivity index (χ1) is 9.33. The Bertz CT molecular complexity index is 691. The average Bonchev–Trinajstić information content (AvgIpc) is 2.88. The van der Waals surface area contributed by atoms with Crippen molar-refractivity contribution < 1.29 is 0 Å². The van der Waals surface area contributed by atoms with Crippen molar-refractivity contribution in [3.8, 4) is 0 Å². The fraction of sp³-hybridized carbons (Fsp3) is 0.0714. The number of aromatic nitrogens is 2. The summed E-state index contributed by atoms with van der Waals surface area (Å²) in [7, 11) is 0. The van der Waals surface area contributed by atoms with Gasteiger partial charge in [0.2, 0.25) is 5.13 Å². The van der Waals surface area contributed by atoms with Crippen LogP contribution in [-0.2, 0) is 0 Å². The molecule has 102 valence electrons. The highest BCUT2D eigenvalue weighted by Gasteiger charge is 2.02. The number of benzene rings is 1. The Kier molecular flexibility index (Phi) is 4.65. The fourth-order valence-corrected chi connectivity index (χ4v) is 2.49. The van der Waals surface area contributed by atoms with Crippen LogP contribution >= 0.6 is 23.7 Å². The summed E-state index contributed by atoms with van der Waals surface area (Å²) in [6, 6.07) is 13.8. The second-order valence-electron chi connectivity index (χ2n) is 4.01. The summed E-state index contributed by atoms with van der Waals surface area (Å²) in [5.41, 5.74) is 5.67. The maximum absolute atomic E-state index is 4.46. The zero-order chi connectivity index (χ0) is 13.1. The van der Waals surface area contributed by atoms with Gasteiger partial charge >= 0.3 is 0 Å². The van der Waals surface area contributed by atoms with Gasteiger partial charge in [0.15, 0.2) is 0 Å². The lowest BCUT2D eigenvalue weighted by atomic mass is 10.3. The van der Waals surface area contributed by atoms with Crippen molar-refractivity contribution in [2.24, 2.45) is 5.10 Å². The van der Waals surface area contributed by atoms with Crippen LogP contribution in [0.5, 0.6) is 0 Å². The highest BCUT2D eigenvalue weighted by Crippen LogP contribution is 2.25. The first kappa shape index (κ1) is 14.4. The van der Waals surface area contributed by atoms with Crippen molar-refractivity contribution in [1.82, 2.24) is 9.97 Å². The first-order valence-electron chi connectivity index (χ1n) is 5.90. The van der Waals surface area contributed by atoms with Gasteiger partial charge in [0.05, 0.1) is 21.6 Å². The summed E-state index contributed by atoms with van der Waals surface area (Å²) >= 11 is 1.58. The molecule has 1 aromatic carbocycles. The van der Waals surface area contributed by atoms with Crippen LogP contribution in [0.15, 0.2) is 53.8 Å². The summed E-state index contributed by atoms with van der Waals surface area (Å²) in [5.74, 6) is 0. The monoisotopic (exact) mass is 304 g/mol. The molecule has 0 unspecified atom stereocenters. The molecule has 0 aliphatic heterocycles. The molecule has 0 aliphatic carbocycles. The van der Waals surface area contributed by atoms with Gasteiger partial charge in [-0.2, -0.15) is 5.10 Å². The molecule has 4 nitrogen and oxygen atoms in total. The van der Waals surface area contributed by atoms with E-state index < -0.39 is 0 Å². The van der Waals surface area contributed by atoms with Gasteiger partial charge in [0, 0.05) is 6.20 Å². The summed E-state index contributed by atoms with van der Waals surface area (Å²) in [6.45, 7) is 1.92. The molecule has 0 radical (unpaired) electrons. The van der Waals surface area contributed by atoms with Crippen molar-refractivity contribution in [3.63, 3.8) is 0 Å². The summed E-state index contributed by atoms with van der Waals surface area (Å²) < 4.78 is 1.15. The van der Waals surface area contributed by atoms with Crippen LogP contribution in [0.4, 0.5) is 5.13 Å². The predicted octanol–water partition coefficient (Wildman–Crippen LogP) is 3.95. The van der Waals surface area contributed by atoms with Crippen molar-refractivity contribution in [2.45, 2.75) is 6.92 Å². The maximum Gasteiger partial charge on any atom is 0.204 e. The van der Waals surface area contributed by atoms with Gasteiger partial charge in [-0.3, -0.25) is 10.4 Å². The largest absolute Gasteiger partial charge is 0.255 e. The third-order valence-corrected chi connectivity index (χ3v) is 3.59. The van der Waals surface area contributed by atoms with E-state index in [-0.39, 0.29) is 12.4 Å². The van der Waals surface area contributed by atoms with Gasteiger partial charge in [-0.05, 0) is 31.2 Å². The van der Waals surface area contributed by atoms with Crippen molar-refractivity contribution in [1.29, 1.82) is 0 Å². The zero-order valence-corrected chi connectivity index (χ0v) is 12.4. The van der Waals surface area contributed by atoms with Crippen LogP contribution in [0.2, 0.25) is 0 Å². The lowest BCUT2D eigenvalue weighted by molar-refractivity contribution is 1.24. The highest BCUT2D eigenvalue weighted by atomic mass is 35.5. The van der Waals surface area contributed by atoms with E-state index in [4.69, 9.17) is 0 Å². The Morgan fingerprint density at radius 1 is 1.15 bits per heavy atom. The Morgan fingerprint density at radius 2 is 1.95 bits per heavy atom. The molecule has 20 heavy (non-hydrogen) atoms. The van der Waals surface area contributed by atoms with Crippen LogP contribution in [0.25, 0.3) is 10.2 Å². The molecule has 3 aromatic rings. The van der Waals surface area contributed by atoms with Crippen molar-refractivity contribution in [2.75, 3.05) is 5.43 Å². The third kappa shape index (κ3) is 3.12. The van der Waals surface area contributed by atoms with Crippen LogP contribution in [0.3, 0.4) is 0 Å². The number of rotatable bonds is 3. The standard InChI is InChI=1S/C14H12N4S.ClH/c1-10(11-6-4-5-9-15-11)17-18-14-16-12-7-2-3-8-13(12)19-14;/h2-9H,1H3,(H,16,18);1H/b17-10+;. The Hall–Kier alpha value is -1.98. The number of fused-ring (bicyclic) bond motifs is 1. The van der Waals surface area contributed by atoms with Crippen molar-refractivity contribution >= 4 is 44.8 Å². The Balaban J connectivity index is 0.00000147. The molecule has 0 fully saturated rings. The van der Waals surface area contributed by atoms with Gasteiger partial charge < -0.3 is 0 Å². The van der Waals surface area contributed by atoms with Gasteiger partial charge in [-0.15, -0.1) is 12.4 Å². The second kappa shape index (κ2) is 6.45. The van der Waals surface area contributed by atoms with Crippen LogP contribution < -0.4 is 5.43 Å². The van der Waals surface area contributed by atoms with E-state index >= 15 is 0 Å². The first-order valence-corrected chi connectivity index (χ1v) is 6.72. The predicted molar refractivity (Wildman–Crippen MR) is 86.9 cm³/mol. The summed E-state index contributed by atoms with van der Waals surface area (Å²) in [4.78, 5) is 8.70. The number of nitrogens with zero attached hydrogens (tertiary/aromatic N) is 3. The minimum Gasteiger partial charge on any atom is -0.255 e. The third-order valence-electron chi connectivity index (χ3n) is 2.65. The number of thiazole rings is 1. The number of pyridine rings is 1. The molecule has 1 N–H and O–H groups in total. The number of hydrogen-bond acceptors (Lipinski definition) is 5. The molecule has 2 heterocycles. The minimum absolute atomic E-state index is 0. The average molecular weight is 305 g/mol. The number of hydrogen-bond donors (Lipinski definition) is 1. The van der Waals surface area contributed by atoms with E-state index in [0.717, 1.165) is 26.8 Å². The molecule has 0 saturated heterocycles. The van der Waals surface area contributed by atoms with E-state index in [2.05, 4.69) is 20.5 Å². The molecular weight excluding hydrogens is 292 g/mol. The van der Waals surface area contributed by atoms with Crippen LogP contribution in [-0.4, -0.2) is 15.7 Å². The molecule has 6 heteroatoms. The molecule has 0 spiro atoms.